The van der Waals surface area contributed by atoms with Crippen molar-refractivity contribution >= 4 is 18.0 Å². The monoisotopic (exact) mass is 410 g/mol. The van der Waals surface area contributed by atoms with E-state index < -0.39 is 23.6 Å². The van der Waals surface area contributed by atoms with Crippen molar-refractivity contribution in [2.75, 3.05) is 0 Å². The molecule has 0 aliphatic rings. The first-order chi connectivity index (χ1) is 13.4. The number of hydroxylamine groups is 2. The summed E-state index contributed by atoms with van der Waals surface area (Å²) in [5.74, 6) is -3.81. The van der Waals surface area contributed by atoms with E-state index in [0.717, 1.165) is 6.08 Å². The van der Waals surface area contributed by atoms with E-state index in [0.29, 0.717) is 21.9 Å². The van der Waals surface area contributed by atoms with Crippen LogP contribution in [0.5, 0.6) is 0 Å². The molecule has 29 heavy (non-hydrogen) atoms. The first-order valence-electron chi connectivity index (χ1n) is 8.41. The van der Waals surface area contributed by atoms with E-state index in [1.807, 2.05) is 0 Å². The molecule has 0 bridgehead atoms. The lowest BCUT2D eigenvalue weighted by Gasteiger charge is -2.32. The molecule has 1 heterocycles. The highest BCUT2D eigenvalue weighted by atomic mass is 19.4. The molecule has 2 aromatic rings. The Hall–Kier alpha value is -3.23. The second-order valence-corrected chi connectivity index (χ2v) is 7.00. The van der Waals surface area contributed by atoms with Crippen LogP contribution in [0.4, 0.5) is 17.6 Å². The maximum atomic E-state index is 13.0. The summed E-state index contributed by atoms with van der Waals surface area (Å²) >= 11 is 0. The highest BCUT2D eigenvalue weighted by molar-refractivity contribution is 5.92. The molecular weight excluding hydrogens is 392 g/mol. The third-order valence-electron chi connectivity index (χ3n) is 3.56. The molecule has 0 N–H and O–H groups in total. The topological polar surface area (TPSA) is 59.5 Å². The largest absolute Gasteiger partial charge is 0.493 e. The quantitative estimate of drug-likeness (QED) is 0.423. The minimum Gasteiger partial charge on any atom is -0.329 e. The Labute approximate surface area is 164 Å². The molecule has 0 saturated carbocycles. The molecule has 0 aliphatic carbocycles. The number of aromatic nitrogens is 1. The number of hydrogen-bond donors (Lipinski definition) is 0. The average Bonchev–Trinajstić information content (AvgIpc) is 2.63. The number of carbonyl (C=O) groups is 2. The molecule has 0 spiro atoms. The fraction of sp³-hybridized carbons (Fsp3) is 0.250. The average molecular weight is 410 g/mol. The van der Waals surface area contributed by atoms with Gasteiger partial charge in [0.2, 0.25) is 0 Å². The van der Waals surface area contributed by atoms with Gasteiger partial charge in [0.25, 0.3) is 5.91 Å². The van der Waals surface area contributed by atoms with Crippen molar-refractivity contribution in [3.63, 3.8) is 0 Å². The van der Waals surface area contributed by atoms with Gasteiger partial charge in [0.05, 0.1) is 11.2 Å². The van der Waals surface area contributed by atoms with Crippen molar-refractivity contribution in [2.45, 2.75) is 32.5 Å². The van der Waals surface area contributed by atoms with E-state index in [2.05, 4.69) is 9.82 Å². The Balaban J connectivity index is 2.14. The molecule has 9 heteroatoms. The van der Waals surface area contributed by atoms with Crippen molar-refractivity contribution in [1.29, 1.82) is 0 Å². The van der Waals surface area contributed by atoms with Crippen LogP contribution in [0.2, 0.25) is 0 Å². The van der Waals surface area contributed by atoms with E-state index in [1.165, 1.54) is 45.2 Å². The molecule has 5 nitrogen and oxygen atoms in total. The maximum Gasteiger partial charge on any atom is 0.493 e. The number of carbonyl (C=O) groups excluding carboxylic acids is 2. The second-order valence-electron chi connectivity index (χ2n) is 7.00. The maximum absolute atomic E-state index is 13.0. The lowest BCUT2D eigenvalue weighted by molar-refractivity contribution is -0.248. The zero-order chi connectivity index (χ0) is 21.8. The summed E-state index contributed by atoms with van der Waals surface area (Å²) in [7, 11) is 0. The van der Waals surface area contributed by atoms with Crippen LogP contribution in [0, 0.1) is 5.82 Å². The van der Waals surface area contributed by atoms with Crippen LogP contribution in [0.15, 0.2) is 48.7 Å². The van der Waals surface area contributed by atoms with Crippen LogP contribution in [-0.4, -0.2) is 33.6 Å². The van der Waals surface area contributed by atoms with Gasteiger partial charge in [-0.3, -0.25) is 9.78 Å². The van der Waals surface area contributed by atoms with Crippen LogP contribution in [-0.2, 0) is 14.4 Å². The summed E-state index contributed by atoms with van der Waals surface area (Å²) in [5.41, 5.74) is 0.549. The predicted octanol–water partition coefficient (Wildman–Crippen LogP) is 4.55. The number of nitrogens with zero attached hydrogens (tertiary/aromatic N) is 2. The fourth-order valence-corrected chi connectivity index (χ4v) is 2.18. The van der Waals surface area contributed by atoms with Gasteiger partial charge in [0, 0.05) is 17.8 Å². The molecule has 2 rings (SSSR count). The third-order valence-corrected chi connectivity index (χ3v) is 3.56. The zero-order valence-electron chi connectivity index (χ0n) is 15.8. The molecule has 0 aliphatic heterocycles. The van der Waals surface area contributed by atoms with Crippen molar-refractivity contribution in [2.24, 2.45) is 0 Å². The van der Waals surface area contributed by atoms with Gasteiger partial charge in [-0.1, -0.05) is 6.07 Å². The molecule has 0 unspecified atom stereocenters. The van der Waals surface area contributed by atoms with Crippen LogP contribution in [0.1, 0.15) is 26.3 Å². The third kappa shape index (κ3) is 6.13. The number of pyridine rings is 1. The number of benzene rings is 1. The molecule has 0 atom stereocenters. The molecule has 0 saturated heterocycles. The summed E-state index contributed by atoms with van der Waals surface area (Å²) in [6.45, 7) is 4.25. The van der Waals surface area contributed by atoms with Crippen LogP contribution < -0.4 is 0 Å². The Bertz CT molecular complexity index is 899. The molecule has 1 aromatic heterocycles. The number of alkyl halides is 3. The number of amides is 1. The Kier molecular flexibility index (Phi) is 6.41. The van der Waals surface area contributed by atoms with Gasteiger partial charge in [0.1, 0.15) is 5.82 Å². The molecule has 1 aromatic carbocycles. The summed E-state index contributed by atoms with van der Waals surface area (Å²) in [5, 5.41) is 0.361. The molecule has 154 valence electrons. The molecule has 0 radical (unpaired) electrons. The van der Waals surface area contributed by atoms with E-state index in [-0.39, 0.29) is 5.82 Å². The van der Waals surface area contributed by atoms with Gasteiger partial charge in [-0.25, -0.2) is 9.18 Å². The SMILES string of the molecule is CC(C)(C)N(OC(=O)C(F)(F)F)C(=O)/C=C/c1ccc(-c2ccc(F)cc2)nc1. The Morgan fingerprint density at radius 1 is 1.03 bits per heavy atom. The van der Waals surface area contributed by atoms with Crippen molar-refractivity contribution in [3.05, 3.63) is 60.1 Å². The van der Waals surface area contributed by atoms with Crippen LogP contribution in [0.25, 0.3) is 17.3 Å². The van der Waals surface area contributed by atoms with Crippen molar-refractivity contribution in [3.8, 4) is 11.3 Å². The summed E-state index contributed by atoms with van der Waals surface area (Å²) < 4.78 is 50.3. The van der Waals surface area contributed by atoms with E-state index >= 15 is 0 Å². The van der Waals surface area contributed by atoms with Gasteiger partial charge in [0.15, 0.2) is 0 Å². The van der Waals surface area contributed by atoms with Crippen LogP contribution >= 0.6 is 0 Å². The lowest BCUT2D eigenvalue weighted by atomic mass is 10.1. The van der Waals surface area contributed by atoms with E-state index in [4.69, 9.17) is 0 Å². The number of halogens is 4. The fourth-order valence-electron chi connectivity index (χ4n) is 2.18. The highest BCUT2D eigenvalue weighted by Crippen LogP contribution is 2.22. The van der Waals surface area contributed by atoms with Gasteiger partial charge in [-0.15, -0.1) is 0 Å². The van der Waals surface area contributed by atoms with Crippen LogP contribution in [0.3, 0.4) is 0 Å². The minimum absolute atomic E-state index is 0.361. The second kappa shape index (κ2) is 8.42. The van der Waals surface area contributed by atoms with E-state index in [1.54, 1.807) is 24.3 Å². The zero-order valence-corrected chi connectivity index (χ0v) is 15.8. The Morgan fingerprint density at radius 2 is 1.66 bits per heavy atom. The smallest absolute Gasteiger partial charge is 0.329 e. The van der Waals surface area contributed by atoms with Crippen molar-refractivity contribution in [1.82, 2.24) is 10.0 Å². The Morgan fingerprint density at radius 3 is 2.14 bits per heavy atom. The lowest BCUT2D eigenvalue weighted by Crippen LogP contribution is -2.48. The first kappa shape index (κ1) is 22.1. The highest BCUT2D eigenvalue weighted by Gasteiger charge is 2.44. The first-order valence-corrected chi connectivity index (χ1v) is 8.41. The number of hydrogen-bond acceptors (Lipinski definition) is 4. The van der Waals surface area contributed by atoms with Gasteiger partial charge >= 0.3 is 12.1 Å². The minimum atomic E-state index is -5.23. The van der Waals surface area contributed by atoms with Gasteiger partial charge in [-0.2, -0.15) is 18.2 Å². The van der Waals surface area contributed by atoms with Crippen molar-refractivity contribution < 1.29 is 32.0 Å². The van der Waals surface area contributed by atoms with Gasteiger partial charge in [-0.05, 0) is 62.7 Å². The standard InChI is InChI=1S/C20H18F4N2O3/c1-19(2,3)26(29-18(28)20(22,23)24)17(27)11-5-13-4-10-16(25-12-13)14-6-8-15(21)9-7-14/h4-12H,1-3H3/b11-5+. The van der Waals surface area contributed by atoms with Gasteiger partial charge < -0.3 is 4.84 Å². The normalized spacial score (nSPS) is 12.1. The van der Waals surface area contributed by atoms with E-state index in [9.17, 15) is 27.2 Å². The number of rotatable bonds is 3. The summed E-state index contributed by atoms with van der Waals surface area (Å²) in [6.07, 6.45) is -1.49. The summed E-state index contributed by atoms with van der Waals surface area (Å²) in [4.78, 5) is 31.8. The molecule has 1 amide bonds. The molecule has 0 fully saturated rings. The molecular formula is C20H18F4N2O3. The predicted molar refractivity (Wildman–Crippen MR) is 97.4 cm³/mol. The summed E-state index contributed by atoms with van der Waals surface area (Å²) in [6, 6.07) is 8.99.